The van der Waals surface area contributed by atoms with Crippen LogP contribution in [0.3, 0.4) is 0 Å². The van der Waals surface area contributed by atoms with Gasteiger partial charge in [0.1, 0.15) is 4.90 Å². The number of nitrogens with one attached hydrogen (secondary N) is 1. The number of hydrogen-bond donors (Lipinski definition) is 1. The molecule has 8 heteroatoms. The number of benzene rings is 1. The molecule has 1 aromatic carbocycles. The lowest BCUT2D eigenvalue weighted by atomic mass is 10.1. The summed E-state index contributed by atoms with van der Waals surface area (Å²) in [6.07, 6.45) is 2.79. The average molecular weight is 369 g/mol. The third-order valence-corrected chi connectivity index (χ3v) is 6.18. The number of halogens is 1. The number of sulfonamides is 1. The summed E-state index contributed by atoms with van der Waals surface area (Å²) in [5, 5.41) is 3.28. The minimum Gasteiger partial charge on any atom is -0.311 e. The third-order valence-electron chi connectivity index (χ3n) is 4.24. The molecule has 0 spiro atoms. The molecule has 0 aliphatic carbocycles. The second-order valence-corrected chi connectivity index (χ2v) is 7.60. The van der Waals surface area contributed by atoms with Gasteiger partial charge in [-0.3, -0.25) is 0 Å². The van der Waals surface area contributed by atoms with Gasteiger partial charge in [-0.1, -0.05) is 30.3 Å². The Morgan fingerprint density at radius 1 is 1.12 bits per heavy atom. The summed E-state index contributed by atoms with van der Waals surface area (Å²) in [5.74, 6) is 0.520. The van der Waals surface area contributed by atoms with Crippen LogP contribution in [0.5, 0.6) is 0 Å². The van der Waals surface area contributed by atoms with Crippen LogP contribution in [-0.4, -0.2) is 47.9 Å². The van der Waals surface area contributed by atoms with E-state index in [0.717, 1.165) is 5.56 Å². The van der Waals surface area contributed by atoms with E-state index in [0.29, 0.717) is 18.9 Å². The summed E-state index contributed by atoms with van der Waals surface area (Å²) >= 11 is 0. The largest absolute Gasteiger partial charge is 0.311 e. The number of nitrogens with zero attached hydrogens (tertiary/aromatic N) is 3. The fraction of sp³-hybridized carbons (Fsp3) is 0.375. The molecule has 0 radical (unpaired) electrons. The van der Waals surface area contributed by atoms with Gasteiger partial charge in [-0.2, -0.15) is 4.31 Å². The highest BCUT2D eigenvalue weighted by Crippen LogP contribution is 2.21. The van der Waals surface area contributed by atoms with Crippen molar-refractivity contribution in [3.63, 3.8) is 0 Å². The zero-order chi connectivity index (χ0) is 16.4. The first-order chi connectivity index (χ1) is 11.0. The molecule has 1 aliphatic rings. The minimum absolute atomic E-state index is 0. The number of hydrogen-bond acceptors (Lipinski definition) is 5. The molecule has 1 aromatic heterocycles. The predicted molar refractivity (Wildman–Crippen MR) is 95.5 cm³/mol. The molecule has 3 rings (SSSR count). The summed E-state index contributed by atoms with van der Waals surface area (Å²) in [6.45, 7) is 5.00. The zero-order valence-electron chi connectivity index (χ0n) is 13.6. The van der Waals surface area contributed by atoms with Crippen LogP contribution in [0.25, 0.3) is 11.4 Å². The molecule has 6 nitrogen and oxygen atoms in total. The van der Waals surface area contributed by atoms with E-state index in [4.69, 9.17) is 0 Å². The molecular weight excluding hydrogens is 348 g/mol. The average Bonchev–Trinajstić information content (AvgIpc) is 2.58. The first-order valence-corrected chi connectivity index (χ1v) is 9.07. The van der Waals surface area contributed by atoms with Crippen molar-refractivity contribution in [3.05, 3.63) is 42.7 Å². The van der Waals surface area contributed by atoms with Crippen molar-refractivity contribution >= 4 is 22.4 Å². The van der Waals surface area contributed by atoms with E-state index in [-0.39, 0.29) is 29.4 Å². The summed E-state index contributed by atoms with van der Waals surface area (Å²) < 4.78 is 27.1. The van der Waals surface area contributed by atoms with Crippen molar-refractivity contribution < 1.29 is 8.42 Å². The Bertz CT molecular complexity index is 768. The number of aromatic nitrogens is 2. The Kier molecular flexibility index (Phi) is 5.92. The van der Waals surface area contributed by atoms with E-state index in [2.05, 4.69) is 15.3 Å². The molecule has 1 fully saturated rings. The van der Waals surface area contributed by atoms with Gasteiger partial charge in [-0.25, -0.2) is 18.4 Å². The molecule has 24 heavy (non-hydrogen) atoms. The topological polar surface area (TPSA) is 75.2 Å². The van der Waals surface area contributed by atoms with Crippen molar-refractivity contribution in [3.8, 4) is 11.4 Å². The molecule has 2 atom stereocenters. The van der Waals surface area contributed by atoms with Crippen LogP contribution in [0.2, 0.25) is 0 Å². The van der Waals surface area contributed by atoms with Gasteiger partial charge in [-0.15, -0.1) is 12.4 Å². The molecule has 0 bridgehead atoms. The van der Waals surface area contributed by atoms with Crippen LogP contribution in [0.4, 0.5) is 0 Å². The summed E-state index contributed by atoms with van der Waals surface area (Å²) in [4.78, 5) is 8.58. The number of rotatable bonds is 3. The van der Waals surface area contributed by atoms with E-state index in [1.807, 2.05) is 44.2 Å². The summed E-state index contributed by atoms with van der Waals surface area (Å²) in [7, 11) is -3.57. The Labute approximate surface area is 148 Å². The molecule has 2 unspecified atom stereocenters. The Morgan fingerprint density at radius 3 is 2.38 bits per heavy atom. The lowest BCUT2D eigenvalue weighted by Gasteiger charge is -2.37. The van der Waals surface area contributed by atoms with Crippen LogP contribution in [0.1, 0.15) is 13.8 Å². The van der Waals surface area contributed by atoms with E-state index in [1.54, 1.807) is 0 Å². The van der Waals surface area contributed by atoms with E-state index in [1.165, 1.54) is 16.7 Å². The maximum atomic E-state index is 12.8. The quantitative estimate of drug-likeness (QED) is 0.896. The highest BCUT2D eigenvalue weighted by Gasteiger charge is 2.34. The molecule has 2 heterocycles. The van der Waals surface area contributed by atoms with Gasteiger partial charge in [0.05, 0.1) is 12.4 Å². The van der Waals surface area contributed by atoms with E-state index in [9.17, 15) is 8.42 Å². The standard InChI is InChI=1S/C16H20N4O2S.ClH/c1-12-13(2)20(9-8-17-12)23(21,22)15-10-18-16(19-11-15)14-6-4-3-5-7-14;/h3-7,10-13,17H,8-9H2,1-2H3;1H. The smallest absolute Gasteiger partial charge is 0.246 e. The van der Waals surface area contributed by atoms with Crippen LogP contribution >= 0.6 is 12.4 Å². The monoisotopic (exact) mass is 368 g/mol. The normalized spacial score (nSPS) is 21.9. The second kappa shape index (κ2) is 7.57. The molecule has 0 amide bonds. The summed E-state index contributed by atoms with van der Waals surface area (Å²) in [5.41, 5.74) is 0.862. The fourth-order valence-corrected chi connectivity index (χ4v) is 4.28. The predicted octanol–water partition coefficient (Wildman–Crippen LogP) is 1.94. The van der Waals surface area contributed by atoms with Crippen LogP contribution < -0.4 is 5.32 Å². The minimum atomic E-state index is -3.57. The number of piperazine rings is 1. The van der Waals surface area contributed by atoms with E-state index >= 15 is 0 Å². The lowest BCUT2D eigenvalue weighted by Crippen LogP contribution is -2.57. The fourth-order valence-electron chi connectivity index (χ4n) is 2.69. The van der Waals surface area contributed by atoms with Crippen LogP contribution in [-0.2, 0) is 10.0 Å². The maximum Gasteiger partial charge on any atom is 0.246 e. The summed E-state index contributed by atoms with van der Waals surface area (Å²) in [6, 6.07) is 9.49. The highest BCUT2D eigenvalue weighted by atomic mass is 35.5. The zero-order valence-corrected chi connectivity index (χ0v) is 15.2. The lowest BCUT2D eigenvalue weighted by molar-refractivity contribution is 0.232. The van der Waals surface area contributed by atoms with Gasteiger partial charge in [-0.05, 0) is 13.8 Å². The second-order valence-electron chi connectivity index (χ2n) is 5.71. The van der Waals surface area contributed by atoms with Crippen LogP contribution in [0.15, 0.2) is 47.6 Å². The van der Waals surface area contributed by atoms with Crippen molar-refractivity contribution in [2.75, 3.05) is 13.1 Å². The molecule has 1 N–H and O–H groups in total. The molecular formula is C16H21ClN4O2S. The molecule has 1 saturated heterocycles. The van der Waals surface area contributed by atoms with Crippen molar-refractivity contribution in [1.82, 2.24) is 19.6 Å². The van der Waals surface area contributed by atoms with Crippen molar-refractivity contribution in [1.29, 1.82) is 0 Å². The van der Waals surface area contributed by atoms with Gasteiger partial charge >= 0.3 is 0 Å². The third kappa shape index (κ3) is 3.59. The van der Waals surface area contributed by atoms with Crippen molar-refractivity contribution in [2.24, 2.45) is 0 Å². The molecule has 0 saturated carbocycles. The highest BCUT2D eigenvalue weighted by molar-refractivity contribution is 7.89. The van der Waals surface area contributed by atoms with Gasteiger partial charge in [0, 0.05) is 30.7 Å². The maximum absolute atomic E-state index is 12.8. The van der Waals surface area contributed by atoms with Crippen molar-refractivity contribution in [2.45, 2.75) is 30.8 Å². The Balaban J connectivity index is 0.00000208. The first kappa shape index (κ1) is 18.8. The van der Waals surface area contributed by atoms with Gasteiger partial charge < -0.3 is 5.32 Å². The van der Waals surface area contributed by atoms with Gasteiger partial charge in [0.25, 0.3) is 0 Å². The molecule has 1 aliphatic heterocycles. The molecule has 2 aromatic rings. The first-order valence-electron chi connectivity index (χ1n) is 7.63. The Hall–Kier alpha value is -1.54. The van der Waals surface area contributed by atoms with E-state index < -0.39 is 10.0 Å². The molecule has 130 valence electrons. The van der Waals surface area contributed by atoms with Gasteiger partial charge in [0.15, 0.2) is 5.82 Å². The van der Waals surface area contributed by atoms with Crippen LogP contribution in [0, 0.1) is 0 Å². The SMILES string of the molecule is CC1NCCN(S(=O)(=O)c2cnc(-c3ccccc3)nc2)C1C.Cl. The van der Waals surface area contributed by atoms with Gasteiger partial charge in [0.2, 0.25) is 10.0 Å². The Morgan fingerprint density at radius 2 is 1.75 bits per heavy atom.